The fourth-order valence-electron chi connectivity index (χ4n) is 0.415. The number of carbonyl (C=O) groups is 2. The van der Waals surface area contributed by atoms with Gasteiger partial charge in [-0.2, -0.15) is 8.42 Å². The third-order valence-electron chi connectivity index (χ3n) is 0.809. The Morgan fingerprint density at radius 1 is 1.25 bits per heavy atom. The van der Waals surface area contributed by atoms with Crippen LogP contribution >= 0.6 is 0 Å². The molecule has 0 aliphatic rings. The summed E-state index contributed by atoms with van der Waals surface area (Å²) < 4.78 is 29.2. The van der Waals surface area contributed by atoms with Crippen LogP contribution in [-0.2, 0) is 19.9 Å². The molecule has 0 saturated carbocycles. The number of carboxylic acid groups (broad SMARTS) is 1. The van der Waals surface area contributed by atoms with Gasteiger partial charge in [0.05, 0.1) is 6.42 Å². The molecule has 7 nitrogen and oxygen atoms in total. The summed E-state index contributed by atoms with van der Waals surface area (Å²) >= 11 is 0. The van der Waals surface area contributed by atoms with Crippen molar-refractivity contribution >= 4 is 22.2 Å². The maximum atomic E-state index is 10.4. The zero-order chi connectivity index (χ0) is 9.78. The van der Waals surface area contributed by atoms with Gasteiger partial charge in [0.2, 0.25) is 5.91 Å². The highest BCUT2D eigenvalue weighted by molar-refractivity contribution is 7.84. The van der Waals surface area contributed by atoms with Crippen LogP contribution in [0.15, 0.2) is 0 Å². The second kappa shape index (κ2) is 4.02. The summed E-state index contributed by atoms with van der Waals surface area (Å²) in [4.78, 5) is 20.3. The van der Waals surface area contributed by atoms with Crippen molar-refractivity contribution in [1.29, 1.82) is 0 Å². The molecule has 0 aromatic carbocycles. The molecule has 0 fully saturated rings. The van der Waals surface area contributed by atoms with E-state index < -0.39 is 35.0 Å². The smallest absolute Gasteiger partial charge is 0.359 e. The average molecular weight is 197 g/mol. The Balaban J connectivity index is 3.84. The van der Waals surface area contributed by atoms with Crippen molar-refractivity contribution in [2.45, 2.75) is 12.8 Å². The lowest BCUT2D eigenvalue weighted by molar-refractivity contribution is -0.138. The minimum Gasteiger partial charge on any atom is -0.481 e. The number of rotatable bonds is 4. The van der Waals surface area contributed by atoms with Gasteiger partial charge in [-0.25, -0.2) is 4.72 Å². The topological polar surface area (TPSA) is 121 Å². The van der Waals surface area contributed by atoms with Gasteiger partial charge in [-0.3, -0.25) is 14.1 Å². The molecule has 8 heteroatoms. The van der Waals surface area contributed by atoms with Gasteiger partial charge in [-0.05, 0) is 0 Å². The summed E-state index contributed by atoms with van der Waals surface area (Å²) in [5, 5.41) is 8.07. The van der Waals surface area contributed by atoms with Crippen molar-refractivity contribution in [3.05, 3.63) is 0 Å². The van der Waals surface area contributed by atoms with Crippen LogP contribution in [0, 0.1) is 0 Å². The highest BCUT2D eigenvalue weighted by atomic mass is 32.2. The number of aliphatic carboxylic acids is 1. The number of carboxylic acids is 1. The molecule has 0 atom stereocenters. The monoisotopic (exact) mass is 197 g/mol. The summed E-state index contributed by atoms with van der Waals surface area (Å²) in [5.74, 6) is -2.28. The van der Waals surface area contributed by atoms with Gasteiger partial charge in [-0.15, -0.1) is 0 Å². The number of nitrogens with one attached hydrogen (secondary N) is 1. The van der Waals surface area contributed by atoms with Gasteiger partial charge in [0, 0.05) is 6.42 Å². The molecule has 0 spiro atoms. The summed E-state index contributed by atoms with van der Waals surface area (Å²) in [6, 6.07) is 0. The van der Waals surface area contributed by atoms with E-state index in [1.165, 1.54) is 4.72 Å². The van der Waals surface area contributed by atoms with E-state index in [0.29, 0.717) is 0 Å². The minimum atomic E-state index is -4.56. The molecule has 0 heterocycles. The highest BCUT2D eigenvalue weighted by Gasteiger charge is 2.10. The molecule has 0 rings (SSSR count). The van der Waals surface area contributed by atoms with Crippen LogP contribution < -0.4 is 4.72 Å². The molecule has 12 heavy (non-hydrogen) atoms. The number of amides is 1. The first-order valence-corrected chi connectivity index (χ1v) is 4.25. The Labute approximate surface area is 68.3 Å². The first kappa shape index (κ1) is 10.8. The molecule has 0 saturated heterocycles. The highest BCUT2D eigenvalue weighted by Crippen LogP contribution is 1.89. The van der Waals surface area contributed by atoms with Crippen LogP contribution in [0.5, 0.6) is 0 Å². The molecule has 70 valence electrons. The van der Waals surface area contributed by atoms with Crippen LogP contribution in [0.4, 0.5) is 0 Å². The summed E-state index contributed by atoms with van der Waals surface area (Å²) in [5.41, 5.74) is 0. The number of hydrogen-bond acceptors (Lipinski definition) is 4. The third-order valence-corrected chi connectivity index (χ3v) is 1.29. The van der Waals surface area contributed by atoms with E-state index in [1.807, 2.05) is 0 Å². The molecular formula is C4H7NO6S. The van der Waals surface area contributed by atoms with Gasteiger partial charge in [0.15, 0.2) is 0 Å². The lowest BCUT2D eigenvalue weighted by atomic mass is 10.3. The van der Waals surface area contributed by atoms with E-state index in [1.54, 1.807) is 0 Å². The van der Waals surface area contributed by atoms with Crippen molar-refractivity contribution in [1.82, 2.24) is 4.72 Å². The Bertz CT molecular complexity index is 280. The molecule has 0 unspecified atom stereocenters. The standard InChI is InChI=1S/C4H7NO6S/c6-3(1-2-4(7)8)5-12(9,10)11/h1-2H2,(H,5,6)(H,7,8)(H,9,10,11). The van der Waals surface area contributed by atoms with Crippen molar-refractivity contribution in [3.8, 4) is 0 Å². The second-order valence-electron chi connectivity index (χ2n) is 1.89. The van der Waals surface area contributed by atoms with Gasteiger partial charge in [0.1, 0.15) is 0 Å². The zero-order valence-electron chi connectivity index (χ0n) is 5.85. The second-order valence-corrected chi connectivity index (χ2v) is 3.05. The molecule has 0 aliphatic heterocycles. The van der Waals surface area contributed by atoms with E-state index in [0.717, 1.165) is 0 Å². The quantitative estimate of drug-likeness (QED) is 0.485. The predicted octanol–water partition coefficient (Wildman–Crippen LogP) is -1.23. The van der Waals surface area contributed by atoms with E-state index in [-0.39, 0.29) is 0 Å². The van der Waals surface area contributed by atoms with Crippen molar-refractivity contribution < 1.29 is 27.7 Å². The van der Waals surface area contributed by atoms with Crippen molar-refractivity contribution in [2.75, 3.05) is 0 Å². The maximum absolute atomic E-state index is 10.4. The SMILES string of the molecule is O=C(O)CCC(=O)NS(=O)(=O)O. The molecule has 0 radical (unpaired) electrons. The van der Waals surface area contributed by atoms with Crippen molar-refractivity contribution in [2.24, 2.45) is 0 Å². The summed E-state index contributed by atoms with van der Waals surface area (Å²) in [6.07, 6.45) is -0.976. The fraction of sp³-hybridized carbons (Fsp3) is 0.500. The van der Waals surface area contributed by atoms with Crippen LogP contribution in [0.1, 0.15) is 12.8 Å². The van der Waals surface area contributed by atoms with Gasteiger partial charge in [0.25, 0.3) is 0 Å². The minimum absolute atomic E-state index is 0.485. The van der Waals surface area contributed by atoms with Crippen molar-refractivity contribution in [3.63, 3.8) is 0 Å². The van der Waals surface area contributed by atoms with Gasteiger partial charge >= 0.3 is 16.3 Å². The largest absolute Gasteiger partial charge is 0.481 e. The van der Waals surface area contributed by atoms with E-state index in [9.17, 15) is 18.0 Å². The van der Waals surface area contributed by atoms with Crippen LogP contribution in [0.2, 0.25) is 0 Å². The molecule has 0 aliphatic carbocycles. The molecule has 1 amide bonds. The van der Waals surface area contributed by atoms with Crippen LogP contribution in [0.25, 0.3) is 0 Å². The Kier molecular flexibility index (Phi) is 3.64. The normalized spacial score (nSPS) is 10.8. The van der Waals surface area contributed by atoms with E-state index in [2.05, 4.69) is 0 Å². The molecule has 0 aromatic heterocycles. The Morgan fingerprint density at radius 3 is 2.08 bits per heavy atom. The lowest BCUT2D eigenvalue weighted by Crippen LogP contribution is -2.29. The van der Waals surface area contributed by atoms with Crippen LogP contribution in [-0.4, -0.2) is 30.0 Å². The lowest BCUT2D eigenvalue weighted by Gasteiger charge is -1.97. The first-order valence-electron chi connectivity index (χ1n) is 2.81. The molecule has 0 aromatic rings. The van der Waals surface area contributed by atoms with Gasteiger partial charge in [-0.1, -0.05) is 0 Å². The first-order chi connectivity index (χ1) is 5.31. The van der Waals surface area contributed by atoms with E-state index >= 15 is 0 Å². The third kappa shape index (κ3) is 6.96. The number of hydrogen-bond donors (Lipinski definition) is 3. The molecule has 0 bridgehead atoms. The molecule has 3 N–H and O–H groups in total. The summed E-state index contributed by atoms with van der Waals surface area (Å²) in [7, 11) is -4.56. The zero-order valence-corrected chi connectivity index (χ0v) is 6.67. The average Bonchev–Trinajstić information content (AvgIpc) is 1.79. The fourth-order valence-corrected chi connectivity index (χ4v) is 0.805. The van der Waals surface area contributed by atoms with E-state index in [4.69, 9.17) is 9.66 Å². The maximum Gasteiger partial charge on any atom is 0.359 e. The molecular weight excluding hydrogens is 190 g/mol. The van der Waals surface area contributed by atoms with Gasteiger partial charge < -0.3 is 5.11 Å². The predicted molar refractivity (Wildman–Crippen MR) is 36.6 cm³/mol. The van der Waals surface area contributed by atoms with Crippen LogP contribution in [0.3, 0.4) is 0 Å². The Hall–Kier alpha value is -1.15. The number of carbonyl (C=O) groups excluding carboxylic acids is 1. The summed E-state index contributed by atoms with van der Waals surface area (Å²) in [6.45, 7) is 0. The Morgan fingerprint density at radius 2 is 1.75 bits per heavy atom.